The van der Waals surface area contributed by atoms with Gasteiger partial charge in [0.1, 0.15) is 16.3 Å². The molecule has 0 amide bonds. The Kier molecular flexibility index (Phi) is 8.36. The van der Waals surface area contributed by atoms with E-state index in [2.05, 4.69) is 15.6 Å². The third-order valence-corrected chi connectivity index (χ3v) is 8.11. The minimum Gasteiger partial charge on any atom is -0.490 e. The van der Waals surface area contributed by atoms with E-state index in [0.29, 0.717) is 24.4 Å². The molecule has 2 N–H and O–H groups in total. The van der Waals surface area contributed by atoms with Crippen LogP contribution in [0.4, 0.5) is 24.9 Å². The van der Waals surface area contributed by atoms with E-state index in [0.717, 1.165) is 57.5 Å². The fourth-order valence-electron chi connectivity index (χ4n) is 4.79. The molecule has 3 aromatic heterocycles. The minimum atomic E-state index is -1.24. The van der Waals surface area contributed by atoms with Crippen LogP contribution in [0.3, 0.4) is 0 Å². The Balaban J connectivity index is 1.36. The number of nitrogens with one attached hydrogen (secondary N) is 2. The van der Waals surface area contributed by atoms with E-state index in [1.54, 1.807) is 24.6 Å². The van der Waals surface area contributed by atoms with Crippen molar-refractivity contribution in [1.82, 2.24) is 19.9 Å². The number of methoxy groups -OCH3 is 1. The number of benzene rings is 1. The number of aromatic nitrogens is 4. The lowest BCUT2D eigenvalue weighted by Gasteiger charge is -2.19. The van der Waals surface area contributed by atoms with Crippen LogP contribution in [-0.4, -0.2) is 52.3 Å². The molecule has 4 aromatic rings. The van der Waals surface area contributed by atoms with Gasteiger partial charge in [-0.2, -0.15) is 4.98 Å². The van der Waals surface area contributed by atoms with E-state index < -0.39 is 17.5 Å². The number of thiazole rings is 1. The van der Waals surface area contributed by atoms with Crippen molar-refractivity contribution in [2.24, 2.45) is 5.92 Å². The van der Waals surface area contributed by atoms with Crippen LogP contribution in [0.5, 0.6) is 5.75 Å². The van der Waals surface area contributed by atoms with Gasteiger partial charge in [0.05, 0.1) is 34.4 Å². The number of anilines is 2. The molecule has 3 unspecified atom stereocenters. The summed E-state index contributed by atoms with van der Waals surface area (Å²) in [6.45, 7) is 6.57. The number of nitrogens with zero attached hydrogens (tertiary/aromatic N) is 4. The van der Waals surface area contributed by atoms with Crippen molar-refractivity contribution in [3.63, 3.8) is 0 Å². The molecule has 5 rings (SSSR count). The summed E-state index contributed by atoms with van der Waals surface area (Å²) in [6, 6.07) is 3.27. The number of hydrogen-bond acceptors (Lipinski definition) is 9. The molecule has 40 heavy (non-hydrogen) atoms. The smallest absolute Gasteiger partial charge is 0.224 e. The fraction of sp³-hybridized carbons (Fsp3) is 0.429. The average Bonchev–Trinajstić information content (AvgIpc) is 3.56. The maximum absolute atomic E-state index is 14.0. The second-order valence-corrected chi connectivity index (χ2v) is 11.1. The van der Waals surface area contributed by atoms with Crippen molar-refractivity contribution >= 4 is 33.3 Å². The first-order chi connectivity index (χ1) is 19.2. The van der Waals surface area contributed by atoms with Gasteiger partial charge >= 0.3 is 0 Å². The lowest BCUT2D eigenvalue weighted by molar-refractivity contribution is 0.128. The van der Waals surface area contributed by atoms with Gasteiger partial charge in [-0.15, -0.1) is 11.3 Å². The lowest BCUT2D eigenvalue weighted by atomic mass is 10.1. The number of rotatable bonds is 10. The van der Waals surface area contributed by atoms with Crippen LogP contribution >= 0.6 is 11.3 Å². The highest BCUT2D eigenvalue weighted by Gasteiger charge is 2.28. The first-order valence-electron chi connectivity index (χ1n) is 13.1. The highest BCUT2D eigenvalue weighted by Crippen LogP contribution is 2.38. The van der Waals surface area contributed by atoms with Crippen molar-refractivity contribution < 1.29 is 22.6 Å². The van der Waals surface area contributed by atoms with Gasteiger partial charge in [0, 0.05) is 38.0 Å². The van der Waals surface area contributed by atoms with Gasteiger partial charge in [0.2, 0.25) is 5.95 Å². The van der Waals surface area contributed by atoms with Crippen molar-refractivity contribution in [2.75, 3.05) is 30.9 Å². The Morgan fingerprint density at radius 2 is 1.85 bits per heavy atom. The van der Waals surface area contributed by atoms with Gasteiger partial charge in [-0.3, -0.25) is 4.98 Å². The maximum Gasteiger partial charge on any atom is 0.224 e. The van der Waals surface area contributed by atoms with Crippen molar-refractivity contribution in [3.8, 4) is 16.3 Å². The molecule has 0 spiro atoms. The van der Waals surface area contributed by atoms with Crippen molar-refractivity contribution in [3.05, 3.63) is 53.2 Å². The van der Waals surface area contributed by atoms with Crippen LogP contribution in [-0.2, 0) is 4.74 Å². The highest BCUT2D eigenvalue weighted by atomic mass is 32.1. The second kappa shape index (κ2) is 11.9. The molecule has 8 nitrogen and oxygen atoms in total. The summed E-state index contributed by atoms with van der Waals surface area (Å²) in [5, 5.41) is 7.65. The van der Waals surface area contributed by atoms with Crippen LogP contribution in [0.15, 0.2) is 24.4 Å². The van der Waals surface area contributed by atoms with Gasteiger partial charge in [-0.1, -0.05) is 0 Å². The van der Waals surface area contributed by atoms with Crippen LogP contribution in [0.1, 0.15) is 37.6 Å². The van der Waals surface area contributed by atoms with Gasteiger partial charge in [0.15, 0.2) is 23.2 Å². The summed E-state index contributed by atoms with van der Waals surface area (Å²) in [4.78, 5) is 18.8. The van der Waals surface area contributed by atoms with Gasteiger partial charge < -0.3 is 20.1 Å². The Hall–Kier alpha value is -3.51. The molecule has 1 aliphatic carbocycles. The predicted octanol–water partition coefficient (Wildman–Crippen LogP) is 6.29. The fourth-order valence-corrected chi connectivity index (χ4v) is 5.90. The normalized spacial score (nSPS) is 17.8. The van der Waals surface area contributed by atoms with E-state index in [1.165, 1.54) is 0 Å². The van der Waals surface area contributed by atoms with Crippen LogP contribution in [0.2, 0.25) is 0 Å². The second-order valence-electron chi connectivity index (χ2n) is 10.1. The van der Waals surface area contributed by atoms with Gasteiger partial charge in [-0.25, -0.2) is 23.1 Å². The molecule has 0 aliphatic heterocycles. The van der Waals surface area contributed by atoms with Crippen LogP contribution < -0.4 is 15.4 Å². The standard InChI is InChI=1S/C28H31F3N6O2S/c1-14(38-4)12-33-28-34-15(2)24(27-36-25-16(3)32-8-7-23(25)40-27)26(37-28)35-18-6-5-17(9-18)13-39-22-11-20(30)19(29)10-21(22)31/h7-8,10-11,14,17-18H,5-6,9,12-13H2,1-4H3,(H2,33,34,35,37). The highest BCUT2D eigenvalue weighted by molar-refractivity contribution is 7.21. The SMILES string of the molecule is COC(C)CNc1nc(C)c(-c2nc3c(C)nccc3s2)c(NC2CCC(COc3cc(F)c(F)cc3F)C2)n1. The predicted molar refractivity (Wildman–Crippen MR) is 149 cm³/mol. The summed E-state index contributed by atoms with van der Waals surface area (Å²) >= 11 is 1.56. The molecule has 3 heterocycles. The Labute approximate surface area is 234 Å². The maximum atomic E-state index is 14.0. The Morgan fingerprint density at radius 3 is 2.62 bits per heavy atom. The number of hydrogen-bond donors (Lipinski definition) is 2. The molecule has 3 atom stereocenters. The number of ether oxygens (including phenoxy) is 2. The van der Waals surface area contributed by atoms with Crippen LogP contribution in [0.25, 0.3) is 20.8 Å². The molecule has 1 fully saturated rings. The van der Waals surface area contributed by atoms with Gasteiger partial charge in [-0.05, 0) is 52.0 Å². The average molecular weight is 573 g/mol. The first kappa shape index (κ1) is 28.0. The zero-order valence-corrected chi connectivity index (χ0v) is 23.5. The zero-order valence-electron chi connectivity index (χ0n) is 22.7. The molecule has 0 bridgehead atoms. The first-order valence-corrected chi connectivity index (χ1v) is 13.9. The number of pyridine rings is 1. The zero-order chi connectivity index (χ0) is 28.4. The van der Waals surface area contributed by atoms with Gasteiger partial charge in [0.25, 0.3) is 0 Å². The summed E-state index contributed by atoms with van der Waals surface area (Å²) in [5.41, 5.74) is 3.32. The number of fused-ring (bicyclic) bond motifs is 1. The number of aryl methyl sites for hydroxylation is 2. The van der Waals surface area contributed by atoms with E-state index in [-0.39, 0.29) is 30.4 Å². The van der Waals surface area contributed by atoms with E-state index >= 15 is 0 Å². The molecule has 1 saturated carbocycles. The minimum absolute atomic E-state index is 0.0188. The van der Waals surface area contributed by atoms with Crippen LogP contribution in [0, 0.1) is 37.2 Å². The summed E-state index contributed by atoms with van der Waals surface area (Å²) < 4.78 is 52.7. The van der Waals surface area contributed by atoms with E-state index in [9.17, 15) is 13.2 Å². The molecule has 1 aromatic carbocycles. The lowest BCUT2D eigenvalue weighted by Crippen LogP contribution is -2.22. The monoisotopic (exact) mass is 572 g/mol. The molecular weight excluding hydrogens is 541 g/mol. The Morgan fingerprint density at radius 1 is 1.05 bits per heavy atom. The molecule has 212 valence electrons. The molecule has 0 radical (unpaired) electrons. The van der Waals surface area contributed by atoms with E-state index in [1.807, 2.05) is 26.8 Å². The molecular formula is C28H31F3N6O2S. The topological polar surface area (TPSA) is 94.1 Å². The molecule has 0 saturated heterocycles. The summed E-state index contributed by atoms with van der Waals surface area (Å²) in [6.07, 6.45) is 4.15. The molecule has 1 aliphatic rings. The summed E-state index contributed by atoms with van der Waals surface area (Å²) in [5.74, 6) is -2.33. The van der Waals surface area contributed by atoms with E-state index in [4.69, 9.17) is 24.4 Å². The Bertz CT molecular complexity index is 1520. The molecule has 12 heteroatoms. The number of halogens is 3. The van der Waals surface area contributed by atoms with Crippen molar-refractivity contribution in [2.45, 2.75) is 52.2 Å². The third-order valence-electron chi connectivity index (χ3n) is 7.08. The van der Waals surface area contributed by atoms with Crippen molar-refractivity contribution in [1.29, 1.82) is 0 Å². The quantitative estimate of drug-likeness (QED) is 0.214. The largest absolute Gasteiger partial charge is 0.490 e. The third kappa shape index (κ3) is 6.12. The summed E-state index contributed by atoms with van der Waals surface area (Å²) in [7, 11) is 1.65.